The number of amides is 2. The van der Waals surface area contributed by atoms with Gasteiger partial charge in [0.2, 0.25) is 11.8 Å². The number of aryl methyl sites for hydroxylation is 1. The average Bonchev–Trinajstić information content (AvgIpc) is 2.53. The van der Waals surface area contributed by atoms with E-state index in [-0.39, 0.29) is 24.2 Å². The molecule has 7 heteroatoms. The second kappa shape index (κ2) is 7.59. The molecular weight excluding hydrogens is 306 g/mol. The normalized spacial score (nSPS) is 16.4. The van der Waals surface area contributed by atoms with E-state index in [1.165, 1.54) is 0 Å². The number of hydrogen-bond acceptors (Lipinski definition) is 5. The molecule has 1 atom stereocenters. The third kappa shape index (κ3) is 4.43. The van der Waals surface area contributed by atoms with Gasteiger partial charge in [0.25, 0.3) is 0 Å². The monoisotopic (exact) mass is 333 g/mol. The standard InChI is InChI=1S/C17H27N5O2/c1-11(2)16-19-13(4)10-15(20-16)21-5-7-22(8-6-21)17(24)12(3)9-14(18)23/h10-12H,5-9H2,1-4H3,(H2,18,23). The lowest BCUT2D eigenvalue weighted by atomic mass is 10.1. The van der Waals surface area contributed by atoms with Gasteiger partial charge in [0.05, 0.1) is 0 Å². The highest BCUT2D eigenvalue weighted by atomic mass is 16.2. The van der Waals surface area contributed by atoms with Crippen molar-refractivity contribution in [1.29, 1.82) is 0 Å². The molecule has 24 heavy (non-hydrogen) atoms. The Morgan fingerprint density at radius 1 is 1.17 bits per heavy atom. The van der Waals surface area contributed by atoms with E-state index >= 15 is 0 Å². The van der Waals surface area contributed by atoms with Crippen molar-refractivity contribution >= 4 is 17.6 Å². The van der Waals surface area contributed by atoms with Gasteiger partial charge in [0, 0.05) is 56.2 Å². The van der Waals surface area contributed by atoms with E-state index in [2.05, 4.69) is 28.7 Å². The van der Waals surface area contributed by atoms with Gasteiger partial charge in [0.1, 0.15) is 11.6 Å². The molecule has 0 aromatic carbocycles. The summed E-state index contributed by atoms with van der Waals surface area (Å²) in [6, 6.07) is 1.99. The van der Waals surface area contributed by atoms with Crippen molar-refractivity contribution in [3.63, 3.8) is 0 Å². The van der Waals surface area contributed by atoms with Crippen LogP contribution in [0.3, 0.4) is 0 Å². The largest absolute Gasteiger partial charge is 0.370 e. The van der Waals surface area contributed by atoms with Crippen LogP contribution in [0.25, 0.3) is 0 Å². The lowest BCUT2D eigenvalue weighted by Gasteiger charge is -2.36. The van der Waals surface area contributed by atoms with Crippen molar-refractivity contribution in [1.82, 2.24) is 14.9 Å². The van der Waals surface area contributed by atoms with Crippen molar-refractivity contribution in [2.75, 3.05) is 31.1 Å². The lowest BCUT2D eigenvalue weighted by molar-refractivity contribution is -0.137. The Balaban J connectivity index is 2.00. The van der Waals surface area contributed by atoms with Gasteiger partial charge in [-0.15, -0.1) is 0 Å². The van der Waals surface area contributed by atoms with Gasteiger partial charge >= 0.3 is 0 Å². The predicted octanol–water partition coefficient (Wildman–Crippen LogP) is 1.07. The molecule has 0 spiro atoms. The minimum absolute atomic E-state index is 0.00446. The number of aromatic nitrogens is 2. The van der Waals surface area contributed by atoms with Crippen LogP contribution in [0, 0.1) is 12.8 Å². The van der Waals surface area contributed by atoms with Gasteiger partial charge in [-0.25, -0.2) is 9.97 Å². The molecule has 7 nitrogen and oxygen atoms in total. The Kier molecular flexibility index (Phi) is 5.75. The molecule has 2 N–H and O–H groups in total. The van der Waals surface area contributed by atoms with Gasteiger partial charge in [-0.2, -0.15) is 0 Å². The zero-order valence-electron chi connectivity index (χ0n) is 15.0. The Bertz CT molecular complexity index is 609. The van der Waals surface area contributed by atoms with E-state index in [9.17, 15) is 9.59 Å². The van der Waals surface area contributed by atoms with Crippen LogP contribution in [0.15, 0.2) is 6.07 Å². The first-order valence-electron chi connectivity index (χ1n) is 8.45. The minimum Gasteiger partial charge on any atom is -0.370 e. The van der Waals surface area contributed by atoms with E-state index in [1.807, 2.05) is 17.9 Å². The summed E-state index contributed by atoms with van der Waals surface area (Å²) in [6.07, 6.45) is 0.0991. The molecule has 1 aliphatic heterocycles. The summed E-state index contributed by atoms with van der Waals surface area (Å²) in [5.41, 5.74) is 6.14. The van der Waals surface area contributed by atoms with Crippen molar-refractivity contribution in [2.24, 2.45) is 11.7 Å². The Morgan fingerprint density at radius 3 is 2.33 bits per heavy atom. The summed E-state index contributed by atoms with van der Waals surface area (Å²) in [5, 5.41) is 0. The number of carbonyl (C=O) groups excluding carboxylic acids is 2. The van der Waals surface area contributed by atoms with Crippen LogP contribution >= 0.6 is 0 Å². The number of piperazine rings is 1. The molecule has 0 bridgehead atoms. The van der Waals surface area contributed by atoms with Gasteiger partial charge in [-0.1, -0.05) is 20.8 Å². The number of rotatable bonds is 5. The summed E-state index contributed by atoms with van der Waals surface area (Å²) in [4.78, 5) is 36.4. The van der Waals surface area contributed by atoms with Crippen LogP contribution < -0.4 is 10.6 Å². The summed E-state index contributed by atoms with van der Waals surface area (Å²) in [5.74, 6) is 1.24. The van der Waals surface area contributed by atoms with E-state index in [0.29, 0.717) is 13.1 Å². The zero-order valence-corrected chi connectivity index (χ0v) is 15.0. The molecule has 1 saturated heterocycles. The summed E-state index contributed by atoms with van der Waals surface area (Å²) >= 11 is 0. The third-order valence-corrected chi connectivity index (χ3v) is 4.22. The second-order valence-corrected chi connectivity index (χ2v) is 6.76. The van der Waals surface area contributed by atoms with Crippen LogP contribution in [-0.4, -0.2) is 52.9 Å². The summed E-state index contributed by atoms with van der Waals surface area (Å²) in [7, 11) is 0. The van der Waals surface area contributed by atoms with Gasteiger partial charge in [0.15, 0.2) is 0 Å². The smallest absolute Gasteiger partial charge is 0.226 e. The van der Waals surface area contributed by atoms with Gasteiger partial charge in [-0.05, 0) is 6.92 Å². The lowest BCUT2D eigenvalue weighted by Crippen LogP contribution is -2.50. The van der Waals surface area contributed by atoms with Crippen LogP contribution in [0.1, 0.15) is 44.6 Å². The maximum Gasteiger partial charge on any atom is 0.226 e. The number of carbonyl (C=O) groups is 2. The van der Waals surface area contributed by atoms with Crippen molar-refractivity contribution in [3.05, 3.63) is 17.6 Å². The molecule has 1 aromatic rings. The molecule has 0 saturated carbocycles. The molecule has 1 aromatic heterocycles. The summed E-state index contributed by atoms with van der Waals surface area (Å²) < 4.78 is 0. The molecule has 2 amide bonds. The van der Waals surface area contributed by atoms with Crippen molar-refractivity contribution < 1.29 is 9.59 Å². The molecule has 0 radical (unpaired) electrons. The topological polar surface area (TPSA) is 92.4 Å². The number of anilines is 1. The molecule has 0 aliphatic carbocycles. The minimum atomic E-state index is -0.438. The van der Waals surface area contributed by atoms with Crippen LogP contribution in [0.5, 0.6) is 0 Å². The first kappa shape index (κ1) is 18.2. The third-order valence-electron chi connectivity index (χ3n) is 4.22. The number of nitrogens with zero attached hydrogens (tertiary/aromatic N) is 4. The molecule has 2 rings (SSSR count). The van der Waals surface area contributed by atoms with E-state index in [1.54, 1.807) is 6.92 Å². The number of nitrogens with two attached hydrogens (primary N) is 1. The molecular formula is C17H27N5O2. The van der Waals surface area contributed by atoms with E-state index in [0.717, 1.165) is 30.4 Å². The highest BCUT2D eigenvalue weighted by molar-refractivity contribution is 5.85. The van der Waals surface area contributed by atoms with Gasteiger partial charge < -0.3 is 15.5 Å². The quantitative estimate of drug-likeness (QED) is 0.870. The van der Waals surface area contributed by atoms with Crippen molar-refractivity contribution in [2.45, 2.75) is 40.0 Å². The predicted molar refractivity (Wildman–Crippen MR) is 92.6 cm³/mol. The molecule has 1 aliphatic rings. The molecule has 132 valence electrons. The van der Waals surface area contributed by atoms with Crippen LogP contribution in [-0.2, 0) is 9.59 Å². The highest BCUT2D eigenvalue weighted by Crippen LogP contribution is 2.19. The van der Waals surface area contributed by atoms with E-state index in [4.69, 9.17) is 5.73 Å². The highest BCUT2D eigenvalue weighted by Gasteiger charge is 2.26. The Labute approximate surface area is 143 Å². The fourth-order valence-corrected chi connectivity index (χ4v) is 2.85. The van der Waals surface area contributed by atoms with Gasteiger partial charge in [-0.3, -0.25) is 9.59 Å². The fraction of sp³-hybridized carbons (Fsp3) is 0.647. The van der Waals surface area contributed by atoms with Crippen LogP contribution in [0.2, 0.25) is 0 Å². The maximum absolute atomic E-state index is 12.3. The Morgan fingerprint density at radius 2 is 1.79 bits per heavy atom. The molecule has 2 heterocycles. The SMILES string of the molecule is Cc1cc(N2CCN(C(=O)C(C)CC(N)=O)CC2)nc(C(C)C)n1. The second-order valence-electron chi connectivity index (χ2n) is 6.76. The summed E-state index contributed by atoms with van der Waals surface area (Å²) in [6.45, 7) is 10.6. The molecule has 1 unspecified atom stereocenters. The average molecular weight is 333 g/mol. The molecule has 1 fully saturated rings. The first-order valence-corrected chi connectivity index (χ1v) is 8.45. The Hall–Kier alpha value is -2.18. The fourth-order valence-electron chi connectivity index (χ4n) is 2.85. The van der Waals surface area contributed by atoms with Crippen molar-refractivity contribution in [3.8, 4) is 0 Å². The number of primary amides is 1. The number of hydrogen-bond donors (Lipinski definition) is 1. The van der Waals surface area contributed by atoms with E-state index < -0.39 is 5.91 Å². The zero-order chi connectivity index (χ0) is 17.9. The maximum atomic E-state index is 12.3. The van der Waals surface area contributed by atoms with Crippen LogP contribution in [0.4, 0.5) is 5.82 Å². The first-order chi connectivity index (χ1) is 11.3.